The van der Waals surface area contributed by atoms with Crippen LogP contribution in [0.2, 0.25) is 0 Å². The van der Waals surface area contributed by atoms with Crippen molar-refractivity contribution >= 4 is 11.7 Å². The molecular weight excluding hydrogens is 237 g/mol. The average Bonchev–Trinajstić information content (AvgIpc) is 2.34. The van der Waals surface area contributed by atoms with Crippen LogP contribution in [0.4, 0.5) is 10.1 Å². The van der Waals surface area contributed by atoms with Gasteiger partial charge in [0.25, 0.3) is 0 Å². The van der Waals surface area contributed by atoms with Crippen LogP contribution in [0.5, 0.6) is 0 Å². The number of ether oxygens (including phenoxy) is 1. The Morgan fingerprint density at radius 2 is 2.33 bits per heavy atom. The number of anilines is 1. The van der Waals surface area contributed by atoms with E-state index in [0.29, 0.717) is 19.7 Å². The van der Waals surface area contributed by atoms with Crippen molar-refractivity contribution in [3.63, 3.8) is 0 Å². The Morgan fingerprint density at radius 1 is 1.61 bits per heavy atom. The van der Waals surface area contributed by atoms with Gasteiger partial charge in [-0.3, -0.25) is 0 Å². The molecule has 1 N–H and O–H groups in total. The predicted octanol–water partition coefficient (Wildman–Crippen LogP) is 2.16. The molecule has 0 aliphatic rings. The van der Waals surface area contributed by atoms with Crippen molar-refractivity contribution in [3.8, 4) is 0 Å². The highest BCUT2D eigenvalue weighted by Gasteiger charge is 2.19. The highest BCUT2D eigenvalue weighted by atomic mass is 19.1. The van der Waals surface area contributed by atoms with E-state index in [2.05, 4.69) is 6.58 Å². The number of methoxy groups -OCH3 is 1. The first-order chi connectivity index (χ1) is 8.61. The van der Waals surface area contributed by atoms with E-state index in [1.165, 1.54) is 25.3 Å². The van der Waals surface area contributed by atoms with Crippen LogP contribution in [0, 0.1) is 5.82 Å². The third-order valence-electron chi connectivity index (χ3n) is 2.45. The summed E-state index contributed by atoms with van der Waals surface area (Å²) in [6.07, 6.45) is 1.59. The van der Waals surface area contributed by atoms with Gasteiger partial charge in [0, 0.05) is 20.2 Å². The summed E-state index contributed by atoms with van der Waals surface area (Å²) >= 11 is 0. The van der Waals surface area contributed by atoms with E-state index in [0.717, 1.165) is 0 Å². The van der Waals surface area contributed by atoms with Gasteiger partial charge in [0.05, 0.1) is 17.9 Å². The number of rotatable bonds is 7. The molecule has 0 radical (unpaired) electrons. The summed E-state index contributed by atoms with van der Waals surface area (Å²) < 4.78 is 18.8. The molecule has 0 aliphatic heterocycles. The molecule has 0 spiro atoms. The first-order valence-electron chi connectivity index (χ1n) is 5.48. The van der Waals surface area contributed by atoms with Crippen molar-refractivity contribution in [2.45, 2.75) is 0 Å². The second kappa shape index (κ2) is 6.76. The average molecular weight is 253 g/mol. The largest absolute Gasteiger partial charge is 0.478 e. The first kappa shape index (κ1) is 14.2. The molecule has 0 amide bonds. The Labute approximate surface area is 105 Å². The maximum atomic E-state index is 13.8. The lowest BCUT2D eigenvalue weighted by molar-refractivity contribution is 0.0697. The van der Waals surface area contributed by atoms with E-state index in [1.54, 1.807) is 11.0 Å². The van der Waals surface area contributed by atoms with Gasteiger partial charge in [0.15, 0.2) is 0 Å². The van der Waals surface area contributed by atoms with Gasteiger partial charge in [-0.05, 0) is 12.1 Å². The number of carboxylic acid groups (broad SMARTS) is 1. The fraction of sp³-hybridized carbons (Fsp3) is 0.308. The van der Waals surface area contributed by atoms with Crippen LogP contribution >= 0.6 is 0 Å². The quantitative estimate of drug-likeness (QED) is 0.756. The van der Waals surface area contributed by atoms with Crippen LogP contribution in [0.3, 0.4) is 0 Å². The fourth-order valence-electron chi connectivity index (χ4n) is 1.66. The minimum absolute atomic E-state index is 0.0621. The van der Waals surface area contributed by atoms with Gasteiger partial charge in [0.2, 0.25) is 0 Å². The molecule has 0 bridgehead atoms. The Bertz CT molecular complexity index is 434. The minimum Gasteiger partial charge on any atom is -0.478 e. The van der Waals surface area contributed by atoms with Gasteiger partial charge >= 0.3 is 5.97 Å². The molecule has 0 saturated carbocycles. The molecule has 0 heterocycles. The van der Waals surface area contributed by atoms with Gasteiger partial charge in [-0.2, -0.15) is 0 Å². The van der Waals surface area contributed by atoms with Gasteiger partial charge in [-0.1, -0.05) is 12.1 Å². The topological polar surface area (TPSA) is 49.8 Å². The maximum absolute atomic E-state index is 13.8. The molecular formula is C13H16FNO3. The summed E-state index contributed by atoms with van der Waals surface area (Å²) in [7, 11) is 1.53. The molecule has 0 saturated heterocycles. The minimum atomic E-state index is -1.16. The highest BCUT2D eigenvalue weighted by molar-refractivity contribution is 5.94. The van der Waals surface area contributed by atoms with Crippen molar-refractivity contribution < 1.29 is 19.0 Å². The highest BCUT2D eigenvalue weighted by Crippen LogP contribution is 2.24. The van der Waals surface area contributed by atoms with E-state index < -0.39 is 11.8 Å². The Morgan fingerprint density at radius 3 is 2.89 bits per heavy atom. The second-order valence-corrected chi connectivity index (χ2v) is 3.67. The number of carboxylic acids is 1. The molecule has 98 valence electrons. The van der Waals surface area contributed by atoms with Crippen LogP contribution in [-0.4, -0.2) is 37.9 Å². The number of halogens is 1. The summed E-state index contributed by atoms with van der Waals surface area (Å²) in [5, 5.41) is 9.08. The van der Waals surface area contributed by atoms with Crippen LogP contribution in [0.25, 0.3) is 0 Å². The number of para-hydroxylation sites is 1. The molecule has 0 fully saturated rings. The lowest BCUT2D eigenvalue weighted by Gasteiger charge is -2.25. The molecule has 4 nitrogen and oxygen atoms in total. The van der Waals surface area contributed by atoms with Crippen LogP contribution in [-0.2, 0) is 4.74 Å². The van der Waals surface area contributed by atoms with Crippen molar-refractivity contribution in [2.75, 3.05) is 31.7 Å². The lowest BCUT2D eigenvalue weighted by Crippen LogP contribution is -2.29. The number of nitrogens with zero attached hydrogens (tertiary/aromatic N) is 1. The SMILES string of the molecule is C=CCN(CCOC)c1c(F)cccc1C(=O)O. The summed E-state index contributed by atoms with van der Waals surface area (Å²) in [4.78, 5) is 12.7. The molecule has 18 heavy (non-hydrogen) atoms. The second-order valence-electron chi connectivity index (χ2n) is 3.67. The zero-order valence-electron chi connectivity index (χ0n) is 10.2. The fourth-order valence-corrected chi connectivity index (χ4v) is 1.66. The van der Waals surface area contributed by atoms with E-state index in [9.17, 15) is 9.18 Å². The molecule has 1 aromatic rings. The molecule has 0 unspecified atom stereocenters. The summed E-state index contributed by atoms with van der Waals surface area (Å²) in [5.74, 6) is -1.72. The number of carbonyl (C=O) groups is 1. The van der Waals surface area contributed by atoms with Crippen LogP contribution < -0.4 is 4.90 Å². The van der Waals surface area contributed by atoms with Gasteiger partial charge in [-0.15, -0.1) is 6.58 Å². The van der Waals surface area contributed by atoms with E-state index in [1.807, 2.05) is 0 Å². The standard InChI is InChI=1S/C13H16FNO3/c1-3-7-15(8-9-18-2)12-10(13(16)17)5-4-6-11(12)14/h3-6H,1,7-9H2,2H3,(H,16,17). The van der Waals surface area contributed by atoms with E-state index in [-0.39, 0.29) is 11.3 Å². The number of aromatic carboxylic acids is 1. The van der Waals surface area contributed by atoms with E-state index in [4.69, 9.17) is 9.84 Å². The van der Waals surface area contributed by atoms with Crippen molar-refractivity contribution in [1.29, 1.82) is 0 Å². The van der Waals surface area contributed by atoms with Gasteiger partial charge in [-0.25, -0.2) is 9.18 Å². The van der Waals surface area contributed by atoms with Crippen LogP contribution in [0.15, 0.2) is 30.9 Å². The molecule has 0 aliphatic carbocycles. The monoisotopic (exact) mass is 253 g/mol. The van der Waals surface area contributed by atoms with Gasteiger partial charge in [0.1, 0.15) is 5.82 Å². The smallest absolute Gasteiger partial charge is 0.337 e. The molecule has 1 rings (SSSR count). The van der Waals surface area contributed by atoms with Crippen LogP contribution in [0.1, 0.15) is 10.4 Å². The lowest BCUT2D eigenvalue weighted by atomic mass is 10.1. The molecule has 0 atom stereocenters. The molecule has 1 aromatic carbocycles. The number of hydrogen-bond acceptors (Lipinski definition) is 3. The Hall–Kier alpha value is -1.88. The van der Waals surface area contributed by atoms with Crippen molar-refractivity contribution in [1.82, 2.24) is 0 Å². The van der Waals surface area contributed by atoms with Crippen molar-refractivity contribution in [3.05, 3.63) is 42.2 Å². The normalized spacial score (nSPS) is 10.1. The van der Waals surface area contributed by atoms with Crippen molar-refractivity contribution in [2.24, 2.45) is 0 Å². The summed E-state index contributed by atoms with van der Waals surface area (Å²) in [5.41, 5.74) is 0.00917. The third kappa shape index (κ3) is 3.30. The molecule has 0 aromatic heterocycles. The number of hydrogen-bond donors (Lipinski definition) is 1. The maximum Gasteiger partial charge on any atom is 0.337 e. The summed E-state index contributed by atoms with van der Waals surface area (Å²) in [6.45, 7) is 4.71. The zero-order valence-corrected chi connectivity index (χ0v) is 10.2. The molecule has 5 heteroatoms. The summed E-state index contributed by atoms with van der Waals surface area (Å²) in [6, 6.07) is 4.00. The Kier molecular flexibility index (Phi) is 5.32. The Balaban J connectivity index is 3.16. The zero-order chi connectivity index (χ0) is 13.5. The van der Waals surface area contributed by atoms with Gasteiger partial charge < -0.3 is 14.7 Å². The predicted molar refractivity (Wildman–Crippen MR) is 67.6 cm³/mol. The number of benzene rings is 1. The first-order valence-corrected chi connectivity index (χ1v) is 5.48. The van der Waals surface area contributed by atoms with E-state index >= 15 is 0 Å². The third-order valence-corrected chi connectivity index (χ3v) is 2.45.